The van der Waals surface area contributed by atoms with Crippen LogP contribution in [0.1, 0.15) is 105 Å². The highest BCUT2D eigenvalue weighted by atomic mass is 16.7. The summed E-state index contributed by atoms with van der Waals surface area (Å²) in [5.41, 5.74) is 8.49. The molecule has 2 aromatic carbocycles. The van der Waals surface area contributed by atoms with Gasteiger partial charge in [0.1, 0.15) is 13.4 Å². The van der Waals surface area contributed by atoms with Crippen LogP contribution >= 0.6 is 0 Å². The zero-order valence-electron chi connectivity index (χ0n) is 35.9. The van der Waals surface area contributed by atoms with Crippen LogP contribution in [-0.4, -0.2) is 87.0 Å². The number of likely N-dealkylation sites (N-methyl/N-ethyl adjacent to an activating group) is 1. The van der Waals surface area contributed by atoms with E-state index in [4.69, 9.17) is 25.8 Å². The van der Waals surface area contributed by atoms with Crippen molar-refractivity contribution in [2.45, 2.75) is 106 Å². The monoisotopic (exact) mass is 784 g/mol. The van der Waals surface area contributed by atoms with Crippen molar-refractivity contribution in [3.05, 3.63) is 65.2 Å². The third kappa shape index (κ3) is 15.2. The normalized spacial score (nSPS) is 13.9. The zero-order chi connectivity index (χ0) is 42.7. The van der Waals surface area contributed by atoms with E-state index in [9.17, 15) is 19.2 Å². The number of para-hydroxylation sites is 1. The third-order valence-corrected chi connectivity index (χ3v) is 8.83. The van der Waals surface area contributed by atoms with E-state index in [2.05, 4.69) is 16.0 Å². The predicted molar refractivity (Wildman–Crippen MR) is 223 cm³/mol. The molecule has 3 rings (SSSR count). The Balaban J connectivity index is 0.00000379. The summed E-state index contributed by atoms with van der Waals surface area (Å²) in [6, 6.07) is 15.0. The summed E-state index contributed by atoms with van der Waals surface area (Å²) in [5, 5.41) is 9.54. The van der Waals surface area contributed by atoms with Gasteiger partial charge in [0.15, 0.2) is 0 Å². The molecule has 0 aromatic heterocycles. The minimum atomic E-state index is -0.822. The fourth-order valence-electron chi connectivity index (χ4n) is 5.81. The van der Waals surface area contributed by atoms with Gasteiger partial charge in [-0.25, -0.2) is 5.84 Å². The number of ether oxygens (including phenoxy) is 3. The van der Waals surface area contributed by atoms with Crippen molar-refractivity contribution in [2.75, 3.05) is 52.1 Å². The Morgan fingerprint density at radius 3 is 2.05 bits per heavy atom. The van der Waals surface area contributed by atoms with E-state index >= 15 is 0 Å². The molecule has 0 aliphatic carbocycles. The average molecular weight is 784 g/mol. The molecule has 2 aromatic rings. The molecule has 0 unspecified atom stereocenters. The minimum absolute atomic E-state index is 0.0433. The van der Waals surface area contributed by atoms with Crippen molar-refractivity contribution in [2.24, 2.45) is 17.0 Å². The summed E-state index contributed by atoms with van der Waals surface area (Å²) in [4.78, 5) is 52.2. The maximum absolute atomic E-state index is 14.0. The van der Waals surface area contributed by atoms with Crippen LogP contribution in [0.25, 0.3) is 11.4 Å². The number of amides is 4. The van der Waals surface area contributed by atoms with Gasteiger partial charge in [-0.1, -0.05) is 84.0 Å². The molecule has 14 heteroatoms. The van der Waals surface area contributed by atoms with Crippen LogP contribution < -0.4 is 32.4 Å². The fraction of sp³-hybridized carbons (Fsp3) is 0.571. The van der Waals surface area contributed by atoms with E-state index in [-0.39, 0.29) is 69.5 Å². The molecule has 314 valence electrons. The van der Waals surface area contributed by atoms with Gasteiger partial charge in [-0.3, -0.25) is 19.2 Å². The molecule has 7 N–H and O–H groups in total. The van der Waals surface area contributed by atoms with Gasteiger partial charge in [-0.05, 0) is 45.7 Å². The number of fused-ring (bicyclic) bond motifs is 2. The Morgan fingerprint density at radius 2 is 1.43 bits per heavy atom. The molecule has 0 saturated heterocycles. The second kappa shape index (κ2) is 23.5. The molecule has 0 atom stereocenters. The molecule has 0 bridgehead atoms. The summed E-state index contributed by atoms with van der Waals surface area (Å²) >= 11 is 0. The lowest BCUT2D eigenvalue weighted by molar-refractivity contribution is -0.148. The lowest BCUT2D eigenvalue weighted by atomic mass is 9.88. The second-order valence-electron chi connectivity index (χ2n) is 14.7. The number of carbonyl (C=O) groups is 4. The second-order valence-corrected chi connectivity index (χ2v) is 14.7. The van der Waals surface area contributed by atoms with Gasteiger partial charge in [0.25, 0.3) is 0 Å². The van der Waals surface area contributed by atoms with E-state index in [0.717, 1.165) is 11.1 Å². The Morgan fingerprint density at radius 1 is 0.821 bits per heavy atom. The number of nitrogens with one attached hydrogen (secondary N) is 3. The van der Waals surface area contributed by atoms with Gasteiger partial charge in [-0.15, -0.1) is 0 Å². The number of hydrazine groups is 1. The molecule has 1 heterocycles. The predicted octanol–water partition coefficient (Wildman–Crippen LogP) is 4.92. The van der Waals surface area contributed by atoms with Gasteiger partial charge in [0, 0.05) is 50.2 Å². The van der Waals surface area contributed by atoms with E-state index in [1.807, 2.05) is 118 Å². The van der Waals surface area contributed by atoms with Crippen LogP contribution in [0.3, 0.4) is 0 Å². The van der Waals surface area contributed by atoms with Crippen LogP contribution in [0.4, 0.5) is 5.69 Å². The van der Waals surface area contributed by atoms with Gasteiger partial charge < -0.3 is 45.8 Å². The maximum atomic E-state index is 14.0. The largest absolute Gasteiger partial charge is 0.396 e. The summed E-state index contributed by atoms with van der Waals surface area (Å²) in [6.07, 6.45) is 0.626. The van der Waals surface area contributed by atoms with Crippen LogP contribution in [0.15, 0.2) is 48.5 Å². The summed E-state index contributed by atoms with van der Waals surface area (Å²) in [7, 11) is 3.13. The Labute approximate surface area is 335 Å². The highest BCUT2D eigenvalue weighted by Gasteiger charge is 2.32. The van der Waals surface area contributed by atoms with Gasteiger partial charge in [-0.2, -0.15) is 0 Å². The number of nitrogens with zero attached hydrogens (tertiary/aromatic N) is 2. The van der Waals surface area contributed by atoms with E-state index < -0.39 is 16.6 Å². The first-order valence-electron chi connectivity index (χ1n) is 19.5. The van der Waals surface area contributed by atoms with Crippen molar-refractivity contribution in [1.29, 1.82) is 0 Å². The van der Waals surface area contributed by atoms with Crippen molar-refractivity contribution < 1.29 is 33.4 Å². The average Bonchev–Trinajstić information content (AvgIpc) is 3.15. The molecular weight excluding hydrogens is 715 g/mol. The molecule has 1 aliphatic rings. The first-order valence-corrected chi connectivity index (χ1v) is 19.5. The van der Waals surface area contributed by atoms with E-state index in [0.29, 0.717) is 35.7 Å². The number of anilines is 1. The molecule has 0 spiro atoms. The van der Waals surface area contributed by atoms with Crippen molar-refractivity contribution in [3.8, 4) is 0 Å². The fourth-order valence-corrected chi connectivity index (χ4v) is 5.81. The highest BCUT2D eigenvalue weighted by Crippen LogP contribution is 2.37. The van der Waals surface area contributed by atoms with Gasteiger partial charge in [0.05, 0.1) is 47.8 Å². The number of benzene rings is 2. The number of carbonyl (C=O) groups excluding carboxylic acids is 4. The molecule has 0 fully saturated rings. The summed E-state index contributed by atoms with van der Waals surface area (Å²) in [6.45, 7) is 19.7. The number of hydrogen-bond acceptors (Lipinski definition) is 10. The Bertz CT molecular complexity index is 1610. The molecule has 0 radical (unpaired) electrons. The molecule has 14 nitrogen and oxygen atoms in total. The quantitative estimate of drug-likeness (QED) is 0.0601. The lowest BCUT2D eigenvalue weighted by Gasteiger charge is -2.36. The number of rotatable bonds is 18. The first-order chi connectivity index (χ1) is 26.4. The van der Waals surface area contributed by atoms with Crippen molar-refractivity contribution >= 4 is 40.7 Å². The number of hydrogen-bond donors (Lipinski definition) is 5. The Hall–Kier alpha value is -4.50. The minimum Gasteiger partial charge on any atom is -0.396 e. The summed E-state index contributed by atoms with van der Waals surface area (Å²) < 4.78 is 17.2. The van der Waals surface area contributed by atoms with Crippen molar-refractivity contribution in [1.82, 2.24) is 21.0 Å². The highest BCUT2D eigenvalue weighted by molar-refractivity contribution is 6.01. The standard InChI is InChI=1S/C38H57N7O7.2C2H6/c1-36(2,35(49)42-8)18-20-51-37(3,4)21-30(46)43-19-17-32(48)44-22-26-13-9-10-14-27(26)33(39)34(28-15-11-12-16-29(28)44)45(40)24-38(5,6)52-25-50-23-31(47)41-7;2*1-2/h9-16H,17-25,39-40H2,1-8H3,(H,41,47)(H,42,49)(H,43,46);2*1-2H3/b34-33-;;. The van der Waals surface area contributed by atoms with Gasteiger partial charge in [0.2, 0.25) is 23.6 Å². The Kier molecular flexibility index (Phi) is 20.8. The maximum Gasteiger partial charge on any atom is 0.245 e. The zero-order valence-corrected chi connectivity index (χ0v) is 35.9. The SMILES string of the molecule is CC.CC.CNC(=O)COCOC(C)(C)CN(N)/C1=C(\N)c2ccccc2CN(C(=O)CCNC(=O)CC(C)(C)OCCC(C)(C)C(=O)NC)c2ccccc21. The third-order valence-electron chi connectivity index (χ3n) is 8.83. The topological polar surface area (TPSA) is 191 Å². The van der Waals surface area contributed by atoms with E-state index in [1.54, 1.807) is 11.9 Å². The number of nitrogens with two attached hydrogens (primary N) is 2. The van der Waals surface area contributed by atoms with Crippen LogP contribution in [-0.2, 0) is 39.9 Å². The molecule has 0 saturated carbocycles. The molecular formula is C42H69N7O7. The van der Waals surface area contributed by atoms with Gasteiger partial charge >= 0.3 is 0 Å². The molecule has 4 amide bonds. The van der Waals surface area contributed by atoms with E-state index in [1.165, 1.54) is 12.1 Å². The molecule has 1 aliphatic heterocycles. The summed E-state index contributed by atoms with van der Waals surface area (Å²) in [5.74, 6) is 5.99. The van der Waals surface area contributed by atoms with Crippen LogP contribution in [0, 0.1) is 5.41 Å². The van der Waals surface area contributed by atoms with Crippen molar-refractivity contribution in [3.63, 3.8) is 0 Å². The lowest BCUT2D eigenvalue weighted by Crippen LogP contribution is -2.45. The molecule has 56 heavy (non-hydrogen) atoms. The van der Waals surface area contributed by atoms with Crippen LogP contribution in [0.5, 0.6) is 0 Å². The first kappa shape index (κ1) is 49.5. The smallest absolute Gasteiger partial charge is 0.245 e. The van der Waals surface area contributed by atoms with Crippen LogP contribution in [0.2, 0.25) is 0 Å².